The second-order valence-electron chi connectivity index (χ2n) is 3.08. The summed E-state index contributed by atoms with van der Waals surface area (Å²) in [6.45, 7) is 0.933. The summed E-state index contributed by atoms with van der Waals surface area (Å²) in [4.78, 5) is 1.82. The van der Waals surface area contributed by atoms with E-state index in [1.54, 1.807) is 12.1 Å². The van der Waals surface area contributed by atoms with Crippen LogP contribution in [0.1, 0.15) is 5.56 Å². The molecule has 0 saturated heterocycles. The summed E-state index contributed by atoms with van der Waals surface area (Å²) in [7, 11) is 1.82. The highest BCUT2D eigenvalue weighted by Crippen LogP contribution is 2.16. The predicted molar refractivity (Wildman–Crippen MR) is 53.4 cm³/mol. The van der Waals surface area contributed by atoms with Crippen LogP contribution in [-0.4, -0.2) is 18.5 Å². The zero-order valence-electron chi connectivity index (χ0n) is 7.80. The second-order valence-corrected chi connectivity index (χ2v) is 3.49. The highest BCUT2D eigenvalue weighted by atomic mass is 35.5. The minimum absolute atomic E-state index is 0.118. The van der Waals surface area contributed by atoms with Gasteiger partial charge in [-0.15, -0.1) is 0 Å². The smallest absolute Gasteiger partial charge is 0.141 e. The average molecular weight is 213 g/mol. The van der Waals surface area contributed by atoms with Gasteiger partial charge in [-0.1, -0.05) is 17.7 Å². The maximum Gasteiger partial charge on any atom is 0.141 e. The number of rotatable bonds is 3. The van der Waals surface area contributed by atoms with E-state index in [1.165, 1.54) is 6.07 Å². The van der Waals surface area contributed by atoms with Crippen molar-refractivity contribution in [2.75, 3.05) is 13.6 Å². The van der Waals surface area contributed by atoms with E-state index in [4.69, 9.17) is 16.9 Å². The minimum Gasteiger partial charge on any atom is -0.289 e. The lowest BCUT2D eigenvalue weighted by molar-refractivity contribution is 0.367. The topological polar surface area (TPSA) is 27.0 Å². The SMILES string of the molecule is CN(CC#N)Cc1ccc(F)c(Cl)c1. The van der Waals surface area contributed by atoms with Crippen LogP contribution in [0.4, 0.5) is 4.39 Å². The van der Waals surface area contributed by atoms with Crippen LogP contribution in [0.25, 0.3) is 0 Å². The average Bonchev–Trinajstić information content (AvgIpc) is 2.12. The van der Waals surface area contributed by atoms with Crippen molar-refractivity contribution < 1.29 is 4.39 Å². The van der Waals surface area contributed by atoms with Crippen LogP contribution in [-0.2, 0) is 6.54 Å². The Balaban J connectivity index is 2.69. The van der Waals surface area contributed by atoms with Gasteiger partial charge in [0.05, 0.1) is 17.6 Å². The van der Waals surface area contributed by atoms with Gasteiger partial charge in [-0.25, -0.2) is 4.39 Å². The molecule has 0 heterocycles. The van der Waals surface area contributed by atoms with Crippen LogP contribution >= 0.6 is 11.6 Å². The third-order valence-corrected chi connectivity index (χ3v) is 2.07. The van der Waals surface area contributed by atoms with Crippen molar-refractivity contribution in [3.05, 3.63) is 34.6 Å². The van der Waals surface area contributed by atoms with Gasteiger partial charge in [-0.05, 0) is 24.7 Å². The predicted octanol–water partition coefficient (Wildman–Crippen LogP) is 2.43. The van der Waals surface area contributed by atoms with Crippen LogP contribution in [0.15, 0.2) is 18.2 Å². The molecule has 1 rings (SSSR count). The third-order valence-electron chi connectivity index (χ3n) is 1.78. The van der Waals surface area contributed by atoms with Gasteiger partial charge in [-0.3, -0.25) is 4.90 Å². The van der Waals surface area contributed by atoms with Crippen LogP contribution < -0.4 is 0 Å². The molecular weight excluding hydrogens is 203 g/mol. The molecule has 0 aromatic heterocycles. The number of nitrogens with zero attached hydrogens (tertiary/aromatic N) is 2. The van der Waals surface area contributed by atoms with Crippen LogP contribution in [0.2, 0.25) is 5.02 Å². The fraction of sp³-hybridized carbons (Fsp3) is 0.300. The third kappa shape index (κ3) is 2.99. The molecule has 74 valence electrons. The Morgan fingerprint density at radius 1 is 1.57 bits per heavy atom. The summed E-state index contributed by atoms with van der Waals surface area (Å²) in [5.41, 5.74) is 0.897. The van der Waals surface area contributed by atoms with Crippen molar-refractivity contribution in [2.24, 2.45) is 0 Å². The quantitative estimate of drug-likeness (QED) is 0.720. The molecule has 0 unspecified atom stereocenters. The lowest BCUT2D eigenvalue weighted by atomic mass is 10.2. The maximum absolute atomic E-state index is 12.8. The van der Waals surface area contributed by atoms with Gasteiger partial charge in [0.2, 0.25) is 0 Å². The van der Waals surface area contributed by atoms with Crippen LogP contribution in [0.3, 0.4) is 0 Å². The zero-order valence-corrected chi connectivity index (χ0v) is 8.55. The van der Waals surface area contributed by atoms with Gasteiger partial charge in [0.15, 0.2) is 0 Å². The van der Waals surface area contributed by atoms with E-state index in [1.807, 2.05) is 18.0 Å². The first-order chi connectivity index (χ1) is 6.63. The summed E-state index contributed by atoms with van der Waals surface area (Å²) >= 11 is 5.62. The Morgan fingerprint density at radius 3 is 2.86 bits per heavy atom. The van der Waals surface area contributed by atoms with Crippen molar-refractivity contribution in [1.82, 2.24) is 4.90 Å². The van der Waals surface area contributed by atoms with E-state index in [-0.39, 0.29) is 5.02 Å². The molecule has 0 aliphatic carbocycles. The Kier molecular flexibility index (Phi) is 3.87. The summed E-state index contributed by atoms with van der Waals surface area (Å²) < 4.78 is 12.8. The normalized spacial score (nSPS) is 10.2. The molecule has 0 radical (unpaired) electrons. The van der Waals surface area contributed by atoms with Gasteiger partial charge < -0.3 is 0 Å². The van der Waals surface area contributed by atoms with Crippen molar-refractivity contribution in [1.29, 1.82) is 5.26 Å². The first kappa shape index (κ1) is 11.0. The van der Waals surface area contributed by atoms with E-state index in [0.29, 0.717) is 13.1 Å². The summed E-state index contributed by atoms with van der Waals surface area (Å²) in [6, 6.07) is 6.60. The Hall–Kier alpha value is -1.11. The van der Waals surface area contributed by atoms with Gasteiger partial charge in [-0.2, -0.15) is 5.26 Å². The van der Waals surface area contributed by atoms with Crippen molar-refractivity contribution in [2.45, 2.75) is 6.54 Å². The lowest BCUT2D eigenvalue weighted by Crippen LogP contribution is -2.17. The van der Waals surface area contributed by atoms with E-state index in [9.17, 15) is 4.39 Å². The molecule has 2 nitrogen and oxygen atoms in total. The summed E-state index contributed by atoms with van der Waals surface area (Å²) in [5, 5.41) is 8.55. The van der Waals surface area contributed by atoms with Gasteiger partial charge in [0, 0.05) is 6.54 Å². The number of hydrogen-bond donors (Lipinski definition) is 0. The lowest BCUT2D eigenvalue weighted by Gasteiger charge is -2.12. The number of halogens is 2. The molecule has 4 heteroatoms. The maximum atomic E-state index is 12.8. The molecular formula is C10H10ClFN2. The van der Waals surface area contributed by atoms with Crippen LogP contribution in [0, 0.1) is 17.1 Å². The largest absolute Gasteiger partial charge is 0.289 e. The molecule has 0 atom stereocenters. The fourth-order valence-corrected chi connectivity index (χ4v) is 1.33. The summed E-state index contributed by atoms with van der Waals surface area (Å²) in [6.07, 6.45) is 0. The van der Waals surface area contributed by atoms with Crippen molar-refractivity contribution >= 4 is 11.6 Å². The molecule has 0 bridgehead atoms. The Labute approximate surface area is 87.5 Å². The molecule has 1 aromatic rings. The standard InChI is InChI=1S/C10H10ClFN2/c1-14(5-4-13)7-8-2-3-10(12)9(11)6-8/h2-3,6H,5,7H2,1H3. The molecule has 1 aromatic carbocycles. The molecule has 0 saturated carbocycles. The molecule has 0 aliphatic heterocycles. The number of nitriles is 1. The van der Waals surface area contributed by atoms with Gasteiger partial charge >= 0.3 is 0 Å². The molecule has 0 amide bonds. The second kappa shape index (κ2) is 4.94. The van der Waals surface area contributed by atoms with Crippen LogP contribution in [0.5, 0.6) is 0 Å². The zero-order chi connectivity index (χ0) is 10.6. The van der Waals surface area contributed by atoms with Gasteiger partial charge in [0.25, 0.3) is 0 Å². The number of hydrogen-bond acceptors (Lipinski definition) is 2. The molecule has 0 aliphatic rings. The van der Waals surface area contributed by atoms with Crippen molar-refractivity contribution in [3.8, 4) is 6.07 Å². The van der Waals surface area contributed by atoms with Crippen molar-refractivity contribution in [3.63, 3.8) is 0 Å². The Morgan fingerprint density at radius 2 is 2.29 bits per heavy atom. The van der Waals surface area contributed by atoms with E-state index in [0.717, 1.165) is 5.56 Å². The first-order valence-electron chi connectivity index (χ1n) is 4.13. The minimum atomic E-state index is -0.418. The highest BCUT2D eigenvalue weighted by Gasteiger charge is 2.03. The monoisotopic (exact) mass is 212 g/mol. The molecule has 0 spiro atoms. The van der Waals surface area contributed by atoms with Gasteiger partial charge in [0.1, 0.15) is 5.82 Å². The molecule has 0 N–H and O–H groups in total. The Bertz CT molecular complexity index is 360. The van der Waals surface area contributed by atoms with E-state index < -0.39 is 5.82 Å². The van der Waals surface area contributed by atoms with E-state index >= 15 is 0 Å². The number of benzene rings is 1. The first-order valence-corrected chi connectivity index (χ1v) is 4.50. The summed E-state index contributed by atoms with van der Waals surface area (Å²) in [5.74, 6) is -0.418. The molecule has 0 fully saturated rings. The molecule has 14 heavy (non-hydrogen) atoms. The van der Waals surface area contributed by atoms with E-state index in [2.05, 4.69) is 0 Å². The highest BCUT2D eigenvalue weighted by molar-refractivity contribution is 6.30. The fourth-order valence-electron chi connectivity index (χ4n) is 1.13.